The minimum atomic E-state index is -0.387. The summed E-state index contributed by atoms with van der Waals surface area (Å²) in [6.45, 7) is 2.04. The highest BCUT2D eigenvalue weighted by atomic mass is 32.1. The molecule has 1 aliphatic rings. The maximum Gasteiger partial charge on any atom is 0.341 e. The van der Waals surface area contributed by atoms with Crippen molar-refractivity contribution in [3.63, 3.8) is 0 Å². The van der Waals surface area contributed by atoms with Crippen molar-refractivity contribution in [1.82, 2.24) is 0 Å². The molecule has 6 heteroatoms. The molecule has 1 heterocycles. The molecule has 1 aromatic carbocycles. The fourth-order valence-corrected chi connectivity index (χ4v) is 4.79. The molecule has 0 unspecified atom stereocenters. The Labute approximate surface area is 170 Å². The zero-order chi connectivity index (χ0) is 19.9. The molecule has 0 radical (unpaired) electrons. The van der Waals surface area contributed by atoms with Crippen molar-refractivity contribution < 1.29 is 19.1 Å². The summed E-state index contributed by atoms with van der Waals surface area (Å²) >= 11 is 1.49. The zero-order valence-electron chi connectivity index (χ0n) is 16.5. The lowest BCUT2D eigenvalue weighted by molar-refractivity contribution is -0.118. The van der Waals surface area contributed by atoms with E-state index >= 15 is 0 Å². The molecule has 28 heavy (non-hydrogen) atoms. The SMILES string of the molecule is CCCc1ccc(OCC(=O)Nc2sc3c(c2C(=O)OC)CCCCC3)cc1. The number of anilines is 1. The van der Waals surface area contributed by atoms with Gasteiger partial charge in [-0.2, -0.15) is 0 Å². The second-order valence-corrected chi connectivity index (χ2v) is 8.10. The number of rotatable bonds is 7. The van der Waals surface area contributed by atoms with Crippen LogP contribution in [0.4, 0.5) is 5.00 Å². The van der Waals surface area contributed by atoms with Crippen molar-refractivity contribution >= 4 is 28.2 Å². The monoisotopic (exact) mass is 401 g/mol. The van der Waals surface area contributed by atoms with E-state index in [1.807, 2.05) is 24.3 Å². The van der Waals surface area contributed by atoms with E-state index in [0.29, 0.717) is 16.3 Å². The smallest absolute Gasteiger partial charge is 0.341 e. The van der Waals surface area contributed by atoms with Gasteiger partial charge >= 0.3 is 5.97 Å². The first-order valence-electron chi connectivity index (χ1n) is 9.86. The van der Waals surface area contributed by atoms with Crippen molar-refractivity contribution in [2.45, 2.75) is 51.9 Å². The predicted octanol–water partition coefficient (Wildman–Crippen LogP) is 4.77. The van der Waals surface area contributed by atoms with E-state index in [1.54, 1.807) is 0 Å². The number of carbonyl (C=O) groups excluding carboxylic acids is 2. The van der Waals surface area contributed by atoms with Crippen LogP contribution in [0.3, 0.4) is 0 Å². The summed E-state index contributed by atoms with van der Waals surface area (Å²) < 4.78 is 10.6. The standard InChI is InChI=1S/C22H27NO4S/c1-3-7-15-10-12-16(13-11-15)27-14-19(24)23-21-20(22(25)26-2)17-8-5-4-6-9-18(17)28-21/h10-13H,3-9,14H2,1-2H3,(H,23,24). The van der Waals surface area contributed by atoms with Gasteiger partial charge in [0.2, 0.25) is 0 Å². The summed E-state index contributed by atoms with van der Waals surface area (Å²) in [6, 6.07) is 7.79. The number of hydrogen-bond donors (Lipinski definition) is 1. The summed E-state index contributed by atoms with van der Waals surface area (Å²) in [5.41, 5.74) is 2.81. The van der Waals surface area contributed by atoms with Crippen LogP contribution < -0.4 is 10.1 Å². The lowest BCUT2D eigenvalue weighted by atomic mass is 10.1. The molecular formula is C22H27NO4S. The van der Waals surface area contributed by atoms with Gasteiger partial charge in [0.05, 0.1) is 12.7 Å². The number of nitrogens with one attached hydrogen (secondary N) is 1. The number of aryl methyl sites for hydroxylation is 2. The van der Waals surface area contributed by atoms with Crippen LogP contribution in [0, 0.1) is 0 Å². The van der Waals surface area contributed by atoms with Crippen LogP contribution in [0.15, 0.2) is 24.3 Å². The Morgan fingerprint density at radius 2 is 1.86 bits per heavy atom. The van der Waals surface area contributed by atoms with Crippen LogP contribution in [-0.4, -0.2) is 25.6 Å². The number of esters is 1. The Hall–Kier alpha value is -2.34. The van der Waals surface area contributed by atoms with Crippen molar-refractivity contribution in [2.75, 3.05) is 19.0 Å². The molecule has 0 saturated carbocycles. The van der Waals surface area contributed by atoms with Crippen molar-refractivity contribution in [3.05, 3.63) is 45.8 Å². The number of methoxy groups -OCH3 is 1. The highest BCUT2D eigenvalue weighted by Crippen LogP contribution is 2.37. The van der Waals surface area contributed by atoms with Gasteiger partial charge in [-0.1, -0.05) is 31.9 Å². The van der Waals surface area contributed by atoms with Crippen LogP contribution in [0.2, 0.25) is 0 Å². The molecule has 1 aromatic heterocycles. The molecule has 0 aliphatic heterocycles. The molecule has 0 fully saturated rings. The maximum atomic E-state index is 12.4. The third-order valence-corrected chi connectivity index (χ3v) is 6.10. The summed E-state index contributed by atoms with van der Waals surface area (Å²) in [7, 11) is 1.38. The molecule has 1 amide bonds. The van der Waals surface area contributed by atoms with E-state index in [2.05, 4.69) is 12.2 Å². The third-order valence-electron chi connectivity index (χ3n) is 4.90. The number of amides is 1. The van der Waals surface area contributed by atoms with Crippen LogP contribution in [0.1, 0.15) is 59.0 Å². The minimum Gasteiger partial charge on any atom is -0.484 e. The van der Waals surface area contributed by atoms with Gasteiger partial charge < -0.3 is 14.8 Å². The number of carbonyl (C=O) groups is 2. The first-order valence-corrected chi connectivity index (χ1v) is 10.7. The predicted molar refractivity (Wildman–Crippen MR) is 111 cm³/mol. The number of thiophene rings is 1. The Balaban J connectivity index is 1.67. The molecule has 0 atom stereocenters. The number of benzene rings is 1. The van der Waals surface area contributed by atoms with E-state index in [4.69, 9.17) is 9.47 Å². The van der Waals surface area contributed by atoms with E-state index in [1.165, 1.54) is 28.9 Å². The van der Waals surface area contributed by atoms with Gasteiger partial charge in [-0.05, 0) is 55.4 Å². The summed E-state index contributed by atoms with van der Waals surface area (Å²) in [4.78, 5) is 25.9. The number of fused-ring (bicyclic) bond motifs is 1. The molecule has 2 aromatic rings. The average Bonchev–Trinajstić information content (AvgIpc) is 2.87. The molecule has 0 spiro atoms. The van der Waals surface area contributed by atoms with Crippen molar-refractivity contribution in [1.29, 1.82) is 0 Å². The number of hydrogen-bond acceptors (Lipinski definition) is 5. The second kappa shape index (κ2) is 9.73. The van der Waals surface area contributed by atoms with Crippen LogP contribution in [-0.2, 0) is 28.8 Å². The topological polar surface area (TPSA) is 64.6 Å². The minimum absolute atomic E-state index is 0.101. The van der Waals surface area contributed by atoms with Gasteiger partial charge in [-0.3, -0.25) is 4.79 Å². The van der Waals surface area contributed by atoms with Gasteiger partial charge in [0.15, 0.2) is 6.61 Å². The molecule has 1 N–H and O–H groups in total. The Morgan fingerprint density at radius 3 is 2.57 bits per heavy atom. The van der Waals surface area contributed by atoms with E-state index < -0.39 is 0 Å². The summed E-state index contributed by atoms with van der Waals surface area (Å²) in [6.07, 6.45) is 7.24. The van der Waals surface area contributed by atoms with Gasteiger partial charge in [0.1, 0.15) is 10.8 Å². The molecule has 0 saturated heterocycles. The Morgan fingerprint density at radius 1 is 1.11 bits per heavy atom. The van der Waals surface area contributed by atoms with E-state index in [9.17, 15) is 9.59 Å². The third kappa shape index (κ3) is 4.93. The van der Waals surface area contributed by atoms with Crippen LogP contribution in [0.5, 0.6) is 5.75 Å². The fraction of sp³-hybridized carbons (Fsp3) is 0.455. The van der Waals surface area contributed by atoms with Crippen LogP contribution >= 0.6 is 11.3 Å². The van der Waals surface area contributed by atoms with E-state index in [0.717, 1.165) is 50.5 Å². The number of ether oxygens (including phenoxy) is 2. The molecule has 5 nitrogen and oxygen atoms in total. The molecule has 3 rings (SSSR count). The highest BCUT2D eigenvalue weighted by molar-refractivity contribution is 7.17. The molecule has 1 aliphatic carbocycles. The summed E-state index contributed by atoms with van der Waals surface area (Å²) in [5.74, 6) is -0.00788. The average molecular weight is 402 g/mol. The lowest BCUT2D eigenvalue weighted by Gasteiger charge is -2.09. The molecular weight excluding hydrogens is 374 g/mol. The largest absolute Gasteiger partial charge is 0.484 e. The quantitative estimate of drug-likeness (QED) is 0.536. The van der Waals surface area contributed by atoms with Gasteiger partial charge in [-0.15, -0.1) is 11.3 Å². The van der Waals surface area contributed by atoms with Gasteiger partial charge in [0.25, 0.3) is 5.91 Å². The van der Waals surface area contributed by atoms with Crippen LogP contribution in [0.25, 0.3) is 0 Å². The first-order chi connectivity index (χ1) is 13.6. The Kier molecular flexibility index (Phi) is 7.09. The van der Waals surface area contributed by atoms with Gasteiger partial charge in [0, 0.05) is 4.88 Å². The second-order valence-electron chi connectivity index (χ2n) is 6.99. The molecule has 0 bridgehead atoms. The molecule has 150 valence electrons. The first kappa shape index (κ1) is 20.4. The van der Waals surface area contributed by atoms with Crippen molar-refractivity contribution in [3.8, 4) is 5.75 Å². The van der Waals surface area contributed by atoms with Gasteiger partial charge in [-0.25, -0.2) is 4.79 Å². The summed E-state index contributed by atoms with van der Waals surface area (Å²) in [5, 5.41) is 3.43. The fourth-order valence-electron chi connectivity index (χ4n) is 3.50. The van der Waals surface area contributed by atoms with Crippen molar-refractivity contribution in [2.24, 2.45) is 0 Å². The maximum absolute atomic E-state index is 12.4. The zero-order valence-corrected chi connectivity index (χ0v) is 17.3. The normalized spacial score (nSPS) is 13.4. The highest BCUT2D eigenvalue weighted by Gasteiger charge is 2.26. The lowest BCUT2D eigenvalue weighted by Crippen LogP contribution is -2.21. The Bertz CT molecular complexity index is 826. The van der Waals surface area contributed by atoms with E-state index in [-0.39, 0.29) is 18.5 Å².